The van der Waals surface area contributed by atoms with Gasteiger partial charge in [-0.25, -0.2) is 0 Å². The third kappa shape index (κ3) is 1.51. The van der Waals surface area contributed by atoms with Crippen LogP contribution in [-0.2, 0) is 5.33 Å². The Morgan fingerprint density at radius 1 is 1.00 bits per heavy atom. The van der Waals surface area contributed by atoms with Gasteiger partial charge in [-0.2, -0.15) is 0 Å². The maximum absolute atomic E-state index is 14.8. The molecule has 3 rings (SSSR count). The molecule has 0 bridgehead atoms. The molecule has 3 heterocycles. The SMILES string of the molecule is Cc1bc(C)c2n(F)c3c(C)n(F)c(C)c3c(CBr)c1-2. The van der Waals surface area contributed by atoms with Crippen LogP contribution in [0.4, 0.5) is 8.96 Å². The molecule has 0 radical (unpaired) electrons. The summed E-state index contributed by atoms with van der Waals surface area (Å²) in [6, 6.07) is 0. The first kappa shape index (κ1) is 13.8. The third-order valence-electron chi connectivity index (χ3n) is 4.10. The van der Waals surface area contributed by atoms with E-state index in [1.165, 1.54) is 0 Å². The number of aromatic nitrogens is 2. The van der Waals surface area contributed by atoms with Crippen LogP contribution >= 0.6 is 15.9 Å². The summed E-state index contributed by atoms with van der Waals surface area (Å²) in [5, 5.41) is 1.22. The van der Waals surface area contributed by atoms with Gasteiger partial charge in [0.15, 0.2) is 0 Å². The first-order valence-electron chi connectivity index (χ1n) is 6.43. The molecule has 0 fully saturated rings. The van der Waals surface area contributed by atoms with Gasteiger partial charge in [-0.15, -0.1) is 0 Å². The molecule has 2 aliphatic rings. The van der Waals surface area contributed by atoms with Gasteiger partial charge in [0.25, 0.3) is 0 Å². The third-order valence-corrected chi connectivity index (χ3v) is 4.66. The number of pyridine rings is 1. The molecule has 0 aliphatic carbocycles. The van der Waals surface area contributed by atoms with Gasteiger partial charge < -0.3 is 0 Å². The van der Waals surface area contributed by atoms with Gasteiger partial charge in [0.05, 0.1) is 0 Å². The number of alkyl halides is 1. The quantitative estimate of drug-likeness (QED) is 0.579. The molecule has 0 spiro atoms. The van der Waals surface area contributed by atoms with Crippen LogP contribution in [0.3, 0.4) is 0 Å². The molecule has 1 aromatic heterocycles. The van der Waals surface area contributed by atoms with Gasteiger partial charge in [0, 0.05) is 0 Å². The summed E-state index contributed by atoms with van der Waals surface area (Å²) in [6.45, 7) is 9.09. The van der Waals surface area contributed by atoms with Crippen molar-refractivity contribution in [2.75, 3.05) is 0 Å². The molecule has 0 saturated carbocycles. The number of halogens is 3. The van der Waals surface area contributed by atoms with E-state index < -0.39 is 0 Å². The fourth-order valence-corrected chi connectivity index (χ4v) is 3.81. The molecule has 0 unspecified atom stereocenters. The molecular weight excluding hydrogens is 325 g/mol. The van der Waals surface area contributed by atoms with Crippen molar-refractivity contribution in [1.29, 1.82) is 0 Å². The average Bonchev–Trinajstić information content (AvgIpc) is 2.82. The normalized spacial score (nSPS) is 11.8. The van der Waals surface area contributed by atoms with Crippen molar-refractivity contribution in [3.05, 3.63) is 27.9 Å². The van der Waals surface area contributed by atoms with Crippen molar-refractivity contribution in [2.45, 2.75) is 33.0 Å². The Hall–Kier alpha value is -1.17. The summed E-state index contributed by atoms with van der Waals surface area (Å²) < 4.78 is 29.0. The predicted molar refractivity (Wildman–Crippen MR) is 82.5 cm³/mol. The summed E-state index contributed by atoms with van der Waals surface area (Å²) in [4.78, 5) is 1.20. The van der Waals surface area contributed by atoms with Crippen molar-refractivity contribution in [3.63, 3.8) is 0 Å². The first-order chi connectivity index (χ1) is 9.40. The van der Waals surface area contributed by atoms with E-state index in [0.717, 1.165) is 22.0 Å². The topological polar surface area (TPSA) is 9.86 Å². The summed E-state index contributed by atoms with van der Waals surface area (Å²) >= 11 is 3.47. The molecule has 20 heavy (non-hydrogen) atoms. The van der Waals surface area contributed by atoms with E-state index in [9.17, 15) is 8.96 Å². The zero-order valence-electron chi connectivity index (χ0n) is 11.8. The number of rotatable bonds is 1. The first-order valence-corrected chi connectivity index (χ1v) is 7.55. The van der Waals surface area contributed by atoms with Gasteiger partial charge in [-0.1, -0.05) is 0 Å². The Morgan fingerprint density at radius 2 is 1.65 bits per heavy atom. The van der Waals surface area contributed by atoms with Crippen LogP contribution in [0.25, 0.3) is 22.2 Å². The van der Waals surface area contributed by atoms with Crippen LogP contribution in [0.1, 0.15) is 27.9 Å². The molecule has 104 valence electrons. The average molecular weight is 339 g/mol. The second kappa shape index (κ2) is 4.42. The number of hydrogen-bond donors (Lipinski definition) is 0. The van der Waals surface area contributed by atoms with Crippen molar-refractivity contribution in [3.8, 4) is 11.3 Å². The van der Waals surface area contributed by atoms with Crippen molar-refractivity contribution < 1.29 is 8.96 Å². The molecule has 1 aromatic rings. The zero-order valence-corrected chi connectivity index (χ0v) is 13.4. The number of fused-ring (bicyclic) bond motifs is 2. The maximum atomic E-state index is 14.8. The minimum atomic E-state index is 0.294. The van der Waals surface area contributed by atoms with Crippen LogP contribution in [0, 0.1) is 27.7 Å². The summed E-state index contributed by atoms with van der Waals surface area (Å²) in [5.74, 6) is 0. The van der Waals surface area contributed by atoms with Crippen molar-refractivity contribution >= 4 is 33.7 Å². The molecule has 2 aliphatic heterocycles. The Bertz CT molecular complexity index is 819. The van der Waals surface area contributed by atoms with Gasteiger partial charge in [-0.3, -0.25) is 0 Å². The number of nitrogens with zero attached hydrogens (tertiary/aromatic N) is 2. The standard InChI is InChI=1S/C14H14BBrF2N2/c1-6-11-10(5-16)12-8(3)19(17)9(4)14(12)20(18)13(11)7(2)15-6/h5H2,1-4H3. The number of hydrogen-bond acceptors (Lipinski definition) is 0. The van der Waals surface area contributed by atoms with Crippen LogP contribution in [0.5, 0.6) is 0 Å². The Morgan fingerprint density at radius 3 is 2.25 bits per heavy atom. The molecule has 2 nitrogen and oxygen atoms in total. The molecule has 0 aromatic carbocycles. The van der Waals surface area contributed by atoms with E-state index in [4.69, 9.17) is 0 Å². The van der Waals surface area contributed by atoms with Crippen LogP contribution in [0.2, 0.25) is 0 Å². The molecule has 0 N–H and O–H groups in total. The summed E-state index contributed by atoms with van der Waals surface area (Å²) in [7, 11) is 0. The van der Waals surface area contributed by atoms with E-state index in [2.05, 4.69) is 15.9 Å². The Kier molecular flexibility index (Phi) is 3.05. The van der Waals surface area contributed by atoms with Crippen LogP contribution in [0.15, 0.2) is 0 Å². The van der Waals surface area contributed by atoms with Gasteiger partial charge in [0.1, 0.15) is 0 Å². The fourth-order valence-electron chi connectivity index (χ4n) is 3.25. The van der Waals surface area contributed by atoms with Crippen LogP contribution in [-0.4, -0.2) is 16.5 Å². The second-order valence-corrected chi connectivity index (χ2v) is 5.86. The van der Waals surface area contributed by atoms with Crippen molar-refractivity contribution in [1.82, 2.24) is 9.58 Å². The number of aryl methyl sites for hydroxylation is 4. The van der Waals surface area contributed by atoms with E-state index in [1.54, 1.807) is 13.8 Å². The Labute approximate surface area is 124 Å². The Balaban J connectivity index is 2.70. The van der Waals surface area contributed by atoms with E-state index in [0.29, 0.717) is 42.9 Å². The molecule has 0 atom stereocenters. The predicted octanol–water partition coefficient (Wildman–Crippen LogP) is 4.48. The second-order valence-electron chi connectivity index (χ2n) is 5.30. The van der Waals surface area contributed by atoms with E-state index >= 15 is 0 Å². The molecule has 6 heteroatoms. The van der Waals surface area contributed by atoms with Crippen LogP contribution < -0.4 is 0 Å². The zero-order chi connectivity index (χ0) is 14.8. The van der Waals surface area contributed by atoms with E-state index in [-0.39, 0.29) is 0 Å². The summed E-state index contributed by atoms with van der Waals surface area (Å²) in [6.07, 6.45) is 0. The van der Waals surface area contributed by atoms with Gasteiger partial charge >= 0.3 is 124 Å². The van der Waals surface area contributed by atoms with Crippen molar-refractivity contribution in [2.24, 2.45) is 0 Å². The van der Waals surface area contributed by atoms with E-state index in [1.807, 2.05) is 20.8 Å². The van der Waals surface area contributed by atoms with Gasteiger partial charge in [0.2, 0.25) is 0 Å². The molecular formula is C14H14BBrF2N2. The fraction of sp³-hybridized carbons (Fsp3) is 0.357. The van der Waals surface area contributed by atoms with Gasteiger partial charge in [-0.05, 0) is 0 Å². The monoisotopic (exact) mass is 338 g/mol. The summed E-state index contributed by atoms with van der Waals surface area (Å²) in [5.41, 5.74) is 5.31. The minimum absolute atomic E-state index is 0.294. The molecule has 0 saturated heterocycles. The molecule has 0 amide bonds.